The number of pyridine rings is 1. The molecule has 1 aliphatic carbocycles. The normalized spacial score (nSPS) is 21.4. The van der Waals surface area contributed by atoms with Crippen LogP contribution in [-0.2, 0) is 11.8 Å². The first-order chi connectivity index (χ1) is 15.0. The van der Waals surface area contributed by atoms with Gasteiger partial charge in [-0.3, -0.25) is 9.59 Å². The maximum Gasteiger partial charge on any atom is 0.264 e. The zero-order valence-electron chi connectivity index (χ0n) is 17.6. The molecule has 2 aliphatic rings. The molecule has 2 atom stereocenters. The van der Waals surface area contributed by atoms with E-state index >= 15 is 0 Å². The number of hydrogen-bond acceptors (Lipinski definition) is 6. The SMILES string of the molecule is Cn1cnc2cc(-c3ccc(C4CCC(=O)C4)cc3)nc(N3CC[C@H](CO)C3)c2c1=O. The van der Waals surface area contributed by atoms with E-state index in [1.54, 1.807) is 13.4 Å². The second-order valence-corrected chi connectivity index (χ2v) is 8.77. The van der Waals surface area contributed by atoms with Crippen LogP contribution in [-0.4, -0.2) is 45.1 Å². The highest BCUT2D eigenvalue weighted by molar-refractivity contribution is 5.92. The molecule has 1 aromatic carbocycles. The van der Waals surface area contributed by atoms with Crippen LogP contribution >= 0.6 is 0 Å². The van der Waals surface area contributed by atoms with E-state index in [-0.39, 0.29) is 18.1 Å². The lowest BCUT2D eigenvalue weighted by Gasteiger charge is -2.20. The van der Waals surface area contributed by atoms with Crippen LogP contribution < -0.4 is 10.5 Å². The lowest BCUT2D eigenvalue weighted by molar-refractivity contribution is -0.117. The molecule has 0 bridgehead atoms. The van der Waals surface area contributed by atoms with Crippen LogP contribution in [0.3, 0.4) is 0 Å². The number of rotatable bonds is 4. The van der Waals surface area contributed by atoms with Gasteiger partial charge in [0.25, 0.3) is 5.56 Å². The summed E-state index contributed by atoms with van der Waals surface area (Å²) in [6, 6.07) is 10.1. The van der Waals surface area contributed by atoms with Gasteiger partial charge in [0, 0.05) is 51.1 Å². The average Bonchev–Trinajstić information content (AvgIpc) is 3.45. The zero-order valence-corrected chi connectivity index (χ0v) is 17.6. The van der Waals surface area contributed by atoms with Gasteiger partial charge in [-0.25, -0.2) is 9.97 Å². The smallest absolute Gasteiger partial charge is 0.264 e. The molecule has 2 aromatic heterocycles. The first kappa shape index (κ1) is 19.9. The van der Waals surface area contributed by atoms with E-state index in [0.717, 1.165) is 30.6 Å². The Balaban J connectivity index is 1.57. The van der Waals surface area contributed by atoms with Crippen LogP contribution in [0.25, 0.3) is 22.2 Å². The van der Waals surface area contributed by atoms with Crippen molar-refractivity contribution in [1.82, 2.24) is 14.5 Å². The summed E-state index contributed by atoms with van der Waals surface area (Å²) < 4.78 is 1.48. The predicted octanol–water partition coefficient (Wildman–Crippen LogP) is 2.65. The van der Waals surface area contributed by atoms with E-state index in [4.69, 9.17) is 4.98 Å². The topological polar surface area (TPSA) is 88.3 Å². The van der Waals surface area contributed by atoms with Crippen LogP contribution in [0.4, 0.5) is 5.82 Å². The van der Waals surface area contributed by atoms with Crippen molar-refractivity contribution in [2.75, 3.05) is 24.6 Å². The molecule has 160 valence electrons. The van der Waals surface area contributed by atoms with Crippen LogP contribution in [0.2, 0.25) is 0 Å². The highest BCUT2D eigenvalue weighted by Crippen LogP contribution is 2.34. The Morgan fingerprint density at radius 2 is 1.97 bits per heavy atom. The molecule has 1 N–H and O–H groups in total. The van der Waals surface area contributed by atoms with Crippen LogP contribution in [0.15, 0.2) is 41.5 Å². The van der Waals surface area contributed by atoms with E-state index in [1.165, 1.54) is 10.1 Å². The maximum atomic E-state index is 12.9. The number of aryl methyl sites for hydroxylation is 1. The van der Waals surface area contributed by atoms with E-state index < -0.39 is 0 Å². The van der Waals surface area contributed by atoms with Gasteiger partial charge >= 0.3 is 0 Å². The van der Waals surface area contributed by atoms with E-state index in [9.17, 15) is 14.7 Å². The molecule has 0 amide bonds. The molecule has 5 rings (SSSR count). The van der Waals surface area contributed by atoms with Crippen molar-refractivity contribution < 1.29 is 9.90 Å². The van der Waals surface area contributed by atoms with Crippen molar-refractivity contribution in [3.8, 4) is 11.3 Å². The number of carbonyl (C=O) groups excluding carboxylic acids is 1. The summed E-state index contributed by atoms with van der Waals surface area (Å²) in [6.45, 7) is 1.56. The summed E-state index contributed by atoms with van der Waals surface area (Å²) in [5.74, 6) is 1.48. The number of aromatic nitrogens is 3. The zero-order chi connectivity index (χ0) is 21.5. The number of Topliss-reactive ketones (excluding diaryl/α,β-unsaturated/α-hetero) is 1. The second-order valence-electron chi connectivity index (χ2n) is 8.77. The largest absolute Gasteiger partial charge is 0.396 e. The number of nitrogens with zero attached hydrogens (tertiary/aromatic N) is 4. The quantitative estimate of drug-likeness (QED) is 0.701. The molecule has 7 heteroatoms. The van der Waals surface area contributed by atoms with Gasteiger partial charge in [0.05, 0.1) is 17.5 Å². The van der Waals surface area contributed by atoms with Crippen LogP contribution in [0, 0.1) is 5.92 Å². The molecular weight excluding hydrogens is 392 g/mol. The summed E-state index contributed by atoms with van der Waals surface area (Å²) in [4.78, 5) is 36.0. The van der Waals surface area contributed by atoms with Gasteiger partial charge in [-0.05, 0) is 30.4 Å². The third-order valence-electron chi connectivity index (χ3n) is 6.65. The Labute approximate surface area is 180 Å². The molecular formula is C24H26N4O3. The standard InChI is InChI=1S/C24H26N4O3/c1-27-14-25-21-11-20(17-4-2-16(3-5-17)18-6-7-19(30)10-18)26-23(22(21)24(27)31)28-9-8-15(12-28)13-29/h2-5,11,14-15,18,29H,6-10,12-13H2,1H3/t15-,18?/m0/s1. The van der Waals surface area contributed by atoms with Gasteiger partial charge in [-0.2, -0.15) is 0 Å². The van der Waals surface area contributed by atoms with Gasteiger partial charge in [0.2, 0.25) is 0 Å². The summed E-state index contributed by atoms with van der Waals surface area (Å²) in [6.07, 6.45) is 4.64. The summed E-state index contributed by atoms with van der Waals surface area (Å²) >= 11 is 0. The minimum Gasteiger partial charge on any atom is -0.396 e. The lowest BCUT2D eigenvalue weighted by atomic mass is 9.96. The third-order valence-corrected chi connectivity index (χ3v) is 6.65. The Morgan fingerprint density at radius 3 is 2.65 bits per heavy atom. The first-order valence-electron chi connectivity index (χ1n) is 10.9. The lowest BCUT2D eigenvalue weighted by Crippen LogP contribution is -2.26. The number of fused-ring (bicyclic) bond motifs is 1. The van der Waals surface area contributed by atoms with Gasteiger partial charge < -0.3 is 14.6 Å². The highest BCUT2D eigenvalue weighted by Gasteiger charge is 2.27. The summed E-state index contributed by atoms with van der Waals surface area (Å²) in [5, 5.41) is 10.1. The fraction of sp³-hybridized carbons (Fsp3) is 0.417. The number of ketones is 1. The predicted molar refractivity (Wildman–Crippen MR) is 119 cm³/mol. The van der Waals surface area contributed by atoms with Gasteiger partial charge in [0.1, 0.15) is 17.0 Å². The first-order valence-corrected chi connectivity index (χ1v) is 10.9. The molecule has 2 fully saturated rings. The molecule has 31 heavy (non-hydrogen) atoms. The summed E-state index contributed by atoms with van der Waals surface area (Å²) in [7, 11) is 1.69. The molecule has 1 saturated heterocycles. The van der Waals surface area contributed by atoms with Crippen molar-refractivity contribution in [3.63, 3.8) is 0 Å². The molecule has 7 nitrogen and oxygen atoms in total. The van der Waals surface area contributed by atoms with E-state index in [1.807, 2.05) is 18.2 Å². The van der Waals surface area contributed by atoms with Crippen LogP contribution in [0.1, 0.15) is 37.2 Å². The number of hydrogen-bond donors (Lipinski definition) is 1. The van der Waals surface area contributed by atoms with Crippen molar-refractivity contribution >= 4 is 22.5 Å². The molecule has 1 saturated carbocycles. The number of anilines is 1. The van der Waals surface area contributed by atoms with E-state index in [2.05, 4.69) is 22.0 Å². The minimum atomic E-state index is -0.118. The number of carbonyl (C=O) groups is 1. The van der Waals surface area contributed by atoms with Crippen molar-refractivity contribution in [2.45, 2.75) is 31.6 Å². The number of aliphatic hydroxyl groups excluding tert-OH is 1. The average molecular weight is 418 g/mol. The van der Waals surface area contributed by atoms with Gasteiger partial charge in [-0.15, -0.1) is 0 Å². The molecule has 1 unspecified atom stereocenters. The minimum absolute atomic E-state index is 0.118. The molecule has 3 heterocycles. The van der Waals surface area contributed by atoms with Crippen LogP contribution in [0.5, 0.6) is 0 Å². The maximum absolute atomic E-state index is 12.9. The fourth-order valence-electron chi connectivity index (χ4n) is 4.78. The monoisotopic (exact) mass is 418 g/mol. The number of benzene rings is 1. The molecule has 3 aromatic rings. The third kappa shape index (κ3) is 3.63. The molecule has 0 radical (unpaired) electrons. The van der Waals surface area contributed by atoms with Crippen molar-refractivity contribution in [1.29, 1.82) is 0 Å². The van der Waals surface area contributed by atoms with Gasteiger partial charge in [0.15, 0.2) is 0 Å². The highest BCUT2D eigenvalue weighted by atomic mass is 16.3. The molecule has 1 aliphatic heterocycles. The Bertz CT molecular complexity index is 1200. The molecule has 0 spiro atoms. The van der Waals surface area contributed by atoms with Crippen molar-refractivity contribution in [3.05, 3.63) is 52.6 Å². The Kier molecular flexibility index (Phi) is 5.06. The Morgan fingerprint density at radius 1 is 1.16 bits per heavy atom. The number of aliphatic hydroxyl groups is 1. The summed E-state index contributed by atoms with van der Waals surface area (Å²) in [5.41, 5.74) is 3.42. The van der Waals surface area contributed by atoms with Gasteiger partial charge in [-0.1, -0.05) is 24.3 Å². The fourth-order valence-corrected chi connectivity index (χ4v) is 4.78. The van der Waals surface area contributed by atoms with Crippen molar-refractivity contribution in [2.24, 2.45) is 13.0 Å². The Hall–Kier alpha value is -3.06. The second kappa shape index (κ2) is 7.89. The van der Waals surface area contributed by atoms with E-state index in [0.29, 0.717) is 47.8 Å².